The van der Waals surface area contributed by atoms with Crippen molar-refractivity contribution in [3.05, 3.63) is 45.9 Å². The molecule has 0 spiro atoms. The molecule has 0 atom stereocenters. The molecule has 0 fully saturated rings. The summed E-state index contributed by atoms with van der Waals surface area (Å²) in [7, 11) is 4.34. The molecule has 0 amide bonds. The molecule has 0 aliphatic rings. The summed E-state index contributed by atoms with van der Waals surface area (Å²) < 4.78 is 4.15. The molecule has 1 radical (unpaired) electrons. The van der Waals surface area contributed by atoms with Crippen LogP contribution in [0.25, 0.3) is 0 Å². The second-order valence-electron chi connectivity index (χ2n) is 2.92. The first-order valence-electron chi connectivity index (χ1n) is 4.78. The van der Waals surface area contributed by atoms with E-state index >= 15 is 0 Å². The Morgan fingerprint density at radius 1 is 1.21 bits per heavy atom. The molecule has 0 aliphatic carbocycles. The van der Waals surface area contributed by atoms with Gasteiger partial charge in [0.15, 0.2) is 0 Å². The average Bonchev–Trinajstić information content (AvgIpc) is 2.37. The molecule has 2 rings (SSSR count). The van der Waals surface area contributed by atoms with Gasteiger partial charge in [0.25, 0.3) is 0 Å². The van der Waals surface area contributed by atoms with Gasteiger partial charge in [-0.3, -0.25) is 4.98 Å². The van der Waals surface area contributed by atoms with Gasteiger partial charge in [0.2, 0.25) is 0 Å². The quantitative estimate of drug-likeness (QED) is 0.358. The molecule has 0 saturated heterocycles. The van der Waals surface area contributed by atoms with Crippen molar-refractivity contribution in [1.82, 2.24) is 9.97 Å². The topological polar surface area (TPSA) is 90.2 Å². The molecule has 0 bridgehead atoms. The molecule has 9 heteroatoms. The maximum absolute atomic E-state index is 5.46. The average molecular weight is 404 g/mol. The number of anilines is 2. The molecule has 4 N–H and O–H groups in total. The van der Waals surface area contributed by atoms with Crippen molar-refractivity contribution in [3.8, 4) is 0 Å². The van der Waals surface area contributed by atoms with Crippen LogP contribution >= 0.6 is 44.7 Å². The molecule has 0 unspecified atom stereocenters. The molecule has 0 aliphatic heterocycles. The minimum absolute atomic E-state index is 0.651. The summed E-state index contributed by atoms with van der Waals surface area (Å²) in [6.07, 6.45) is 3.30. The van der Waals surface area contributed by atoms with E-state index < -0.39 is 0 Å². The number of hydrogen-bond acceptors (Lipinski definition) is 6. The van der Waals surface area contributed by atoms with Crippen molar-refractivity contribution >= 4 is 63.7 Å². The molecular formula is C10H11BBr2N5S. The van der Waals surface area contributed by atoms with Gasteiger partial charge in [-0.2, -0.15) is 0 Å². The van der Waals surface area contributed by atoms with E-state index in [4.69, 9.17) is 11.5 Å². The molecule has 0 saturated carbocycles. The van der Waals surface area contributed by atoms with Crippen LogP contribution in [-0.4, -0.2) is 17.6 Å². The summed E-state index contributed by atoms with van der Waals surface area (Å²) in [4.78, 5) is 7.74. The Kier molecular flexibility index (Phi) is 10.4. The molecular weight excluding hydrogens is 393 g/mol. The molecule has 2 heterocycles. The second-order valence-corrected chi connectivity index (χ2v) is 4.71. The monoisotopic (exact) mass is 402 g/mol. The third kappa shape index (κ3) is 9.63. The number of aromatic nitrogens is 2. The summed E-state index contributed by atoms with van der Waals surface area (Å²) in [6.45, 7) is 0. The fraction of sp³-hybridized carbons (Fsp3) is 0. The van der Waals surface area contributed by atoms with Crippen LogP contribution in [0.5, 0.6) is 0 Å². The number of rotatable bonds is 0. The number of thiol groups is 1. The molecule has 0 aromatic carbocycles. The van der Waals surface area contributed by atoms with Gasteiger partial charge in [-0.1, -0.05) is 0 Å². The third-order valence-corrected chi connectivity index (χ3v) is 2.60. The Balaban J connectivity index is 0.000000289. The van der Waals surface area contributed by atoms with Crippen LogP contribution in [0.3, 0.4) is 0 Å². The maximum atomic E-state index is 5.46. The standard InChI is InChI=1S/C5H4Br2N2.C5H6N2.BHNS/c6-4-2-1-3(8)5(7)9-4;6-5-2-1-3-7-4-5;1-2-3/h1-2H,8H2;1-4H,6H2;3H. The fourth-order valence-electron chi connectivity index (χ4n) is 0.799. The van der Waals surface area contributed by atoms with E-state index in [0.29, 0.717) is 16.0 Å². The summed E-state index contributed by atoms with van der Waals surface area (Å²) in [6, 6.07) is 7.17. The molecule has 5 nitrogen and oxygen atoms in total. The Morgan fingerprint density at radius 3 is 2.16 bits per heavy atom. The fourth-order valence-corrected chi connectivity index (χ4v) is 1.67. The Morgan fingerprint density at radius 2 is 1.84 bits per heavy atom. The number of nitrogens with two attached hydrogens (primary N) is 2. The number of pyridine rings is 2. The van der Waals surface area contributed by atoms with Crippen LogP contribution in [0.1, 0.15) is 0 Å². The first-order valence-corrected chi connectivity index (χ1v) is 6.77. The molecule has 19 heavy (non-hydrogen) atoms. The van der Waals surface area contributed by atoms with Gasteiger partial charge in [-0.15, -0.1) is 0 Å². The van der Waals surface area contributed by atoms with Crippen LogP contribution in [0.2, 0.25) is 0 Å². The van der Waals surface area contributed by atoms with Crippen molar-refractivity contribution in [2.45, 2.75) is 0 Å². The summed E-state index contributed by atoms with van der Waals surface area (Å²) >= 11 is 9.57. The Labute approximate surface area is 135 Å². The summed E-state index contributed by atoms with van der Waals surface area (Å²) in [5, 5.41) is 0. The van der Waals surface area contributed by atoms with Gasteiger partial charge in [0, 0.05) is 12.4 Å². The van der Waals surface area contributed by atoms with Crippen LogP contribution < -0.4 is 11.5 Å². The van der Waals surface area contributed by atoms with E-state index in [0.717, 1.165) is 4.60 Å². The zero-order chi connectivity index (χ0) is 14.7. The van der Waals surface area contributed by atoms with Crippen LogP contribution in [-0.2, 0) is 0 Å². The number of nitrogens with zero attached hydrogens (tertiary/aromatic N) is 3. The predicted octanol–water partition coefficient (Wildman–Crippen LogP) is 3.04. The van der Waals surface area contributed by atoms with Crippen molar-refractivity contribution in [2.75, 3.05) is 11.5 Å². The first-order chi connectivity index (χ1) is 9.01. The number of hydrogen-bond donors (Lipinski definition) is 3. The van der Waals surface area contributed by atoms with Crippen molar-refractivity contribution in [1.29, 1.82) is 0 Å². The van der Waals surface area contributed by atoms with E-state index in [-0.39, 0.29) is 0 Å². The van der Waals surface area contributed by atoms with Gasteiger partial charge in [0.05, 0.1) is 11.4 Å². The van der Waals surface area contributed by atoms with Gasteiger partial charge in [-0.05, 0) is 56.1 Å². The Hall–Kier alpha value is -0.925. The van der Waals surface area contributed by atoms with Gasteiger partial charge in [-0.25, -0.2) is 4.98 Å². The van der Waals surface area contributed by atoms with Crippen molar-refractivity contribution in [2.24, 2.45) is 4.30 Å². The van der Waals surface area contributed by atoms with E-state index in [1.54, 1.807) is 36.7 Å². The zero-order valence-corrected chi connectivity index (χ0v) is 13.8. The predicted molar refractivity (Wildman–Crippen MR) is 89.9 cm³/mol. The third-order valence-electron chi connectivity index (χ3n) is 1.53. The van der Waals surface area contributed by atoms with E-state index in [1.807, 2.05) is 0 Å². The van der Waals surface area contributed by atoms with E-state index in [2.05, 4.69) is 66.6 Å². The van der Waals surface area contributed by atoms with Crippen LogP contribution in [0.15, 0.2) is 50.2 Å². The normalized spacial score (nSPS) is 8.32. The summed E-state index contributed by atoms with van der Waals surface area (Å²) in [5.74, 6) is 0. The van der Waals surface area contributed by atoms with Gasteiger partial charge < -0.3 is 11.5 Å². The summed E-state index contributed by atoms with van der Waals surface area (Å²) in [5.41, 5.74) is 12.1. The zero-order valence-electron chi connectivity index (χ0n) is 9.74. The van der Waals surface area contributed by atoms with Gasteiger partial charge >= 0.3 is 24.8 Å². The van der Waals surface area contributed by atoms with Gasteiger partial charge in [0.1, 0.15) is 9.21 Å². The second kappa shape index (κ2) is 10.9. The van der Waals surface area contributed by atoms with Crippen molar-refractivity contribution < 1.29 is 0 Å². The minimum atomic E-state index is 0.651. The first kappa shape index (κ1) is 18.1. The Bertz CT molecular complexity index is 501. The van der Waals surface area contributed by atoms with Crippen LogP contribution in [0.4, 0.5) is 11.4 Å². The van der Waals surface area contributed by atoms with Crippen LogP contribution in [0, 0.1) is 0 Å². The van der Waals surface area contributed by atoms with Crippen molar-refractivity contribution in [3.63, 3.8) is 0 Å². The van der Waals surface area contributed by atoms with E-state index in [1.165, 1.54) is 0 Å². The number of halogens is 2. The molecule has 2 aromatic heterocycles. The number of nitrogen functional groups attached to an aromatic ring is 2. The SMILES string of the molecule is Nc1ccc(Br)nc1Br.Nc1cccnc1.[B]=NS. The molecule has 99 valence electrons. The van der Waals surface area contributed by atoms with E-state index in [9.17, 15) is 0 Å². The molecule has 2 aromatic rings.